The maximum Gasteiger partial charge on any atom is 0.410 e. The topological polar surface area (TPSA) is 78.1 Å². The van der Waals surface area contributed by atoms with Gasteiger partial charge in [-0.05, 0) is 34.1 Å². The average Bonchev–Trinajstić information content (AvgIpc) is 3.04. The van der Waals surface area contributed by atoms with Crippen LogP contribution in [0.5, 0.6) is 0 Å². The molecule has 0 aliphatic carbocycles. The number of amides is 1. The standard InChI is InChI=1S/C17H24N6O2/c1-11-8-13-12(9-22(11)16(24)25-17(2,3)4)14-15-19-18-10-21(15)6-5-7-23(14)20-13/h10-11H,5-9H2,1-4H3. The summed E-state index contributed by atoms with van der Waals surface area (Å²) in [6, 6.07) is 0.0550. The summed E-state index contributed by atoms with van der Waals surface area (Å²) in [5.41, 5.74) is 2.61. The van der Waals surface area contributed by atoms with Gasteiger partial charge < -0.3 is 14.2 Å². The summed E-state index contributed by atoms with van der Waals surface area (Å²) in [6.45, 7) is 9.94. The zero-order valence-corrected chi connectivity index (χ0v) is 15.2. The molecule has 8 heteroatoms. The van der Waals surface area contributed by atoms with E-state index < -0.39 is 5.60 Å². The number of aromatic nitrogens is 5. The number of nitrogens with zero attached hydrogens (tertiary/aromatic N) is 6. The van der Waals surface area contributed by atoms with Crippen LogP contribution >= 0.6 is 0 Å². The summed E-state index contributed by atoms with van der Waals surface area (Å²) < 4.78 is 9.69. The van der Waals surface area contributed by atoms with Crippen LogP contribution in [0.25, 0.3) is 11.5 Å². The smallest absolute Gasteiger partial charge is 0.410 e. The molecule has 134 valence electrons. The fourth-order valence-corrected chi connectivity index (χ4v) is 3.56. The van der Waals surface area contributed by atoms with Crippen LogP contribution in [-0.4, -0.2) is 47.2 Å². The molecule has 2 aromatic rings. The van der Waals surface area contributed by atoms with Gasteiger partial charge in [-0.25, -0.2) is 4.79 Å². The number of carbonyl (C=O) groups excluding carboxylic acids is 1. The zero-order valence-electron chi connectivity index (χ0n) is 15.2. The molecule has 0 saturated carbocycles. The Bertz CT molecular complexity index is 816. The van der Waals surface area contributed by atoms with Gasteiger partial charge in [-0.1, -0.05) is 0 Å². The first-order chi connectivity index (χ1) is 11.8. The molecular weight excluding hydrogens is 320 g/mol. The van der Waals surface area contributed by atoms with Gasteiger partial charge in [0.05, 0.1) is 12.2 Å². The third-order valence-corrected chi connectivity index (χ3v) is 4.71. The normalized spacial score (nSPS) is 19.7. The lowest BCUT2D eigenvalue weighted by Crippen LogP contribution is -2.45. The van der Waals surface area contributed by atoms with Crippen molar-refractivity contribution in [3.63, 3.8) is 0 Å². The van der Waals surface area contributed by atoms with Crippen molar-refractivity contribution in [3.05, 3.63) is 17.6 Å². The third kappa shape index (κ3) is 2.79. The number of hydrogen-bond acceptors (Lipinski definition) is 5. The highest BCUT2D eigenvalue weighted by Crippen LogP contribution is 2.33. The van der Waals surface area contributed by atoms with Crippen molar-refractivity contribution < 1.29 is 9.53 Å². The number of rotatable bonds is 0. The predicted octanol–water partition coefficient (Wildman–Crippen LogP) is 2.23. The van der Waals surface area contributed by atoms with E-state index in [4.69, 9.17) is 9.84 Å². The number of fused-ring (bicyclic) bond motifs is 5. The molecule has 4 rings (SSSR count). The van der Waals surface area contributed by atoms with Gasteiger partial charge in [0.2, 0.25) is 0 Å². The summed E-state index contributed by atoms with van der Waals surface area (Å²) in [5.74, 6) is 0.838. The SMILES string of the molecule is CC1Cc2nn3c(c2CN1C(=O)OC(C)(C)C)-c1nncn1CCC3. The molecule has 2 aromatic heterocycles. The summed E-state index contributed by atoms with van der Waals surface area (Å²) in [5, 5.41) is 13.2. The predicted molar refractivity (Wildman–Crippen MR) is 90.8 cm³/mol. The fourth-order valence-electron chi connectivity index (χ4n) is 3.56. The molecule has 2 aliphatic heterocycles. The van der Waals surface area contributed by atoms with Crippen LogP contribution < -0.4 is 0 Å². The Balaban J connectivity index is 1.72. The Morgan fingerprint density at radius 3 is 2.88 bits per heavy atom. The van der Waals surface area contributed by atoms with E-state index in [1.165, 1.54) is 0 Å². The second-order valence-corrected chi connectivity index (χ2v) is 7.86. The van der Waals surface area contributed by atoms with E-state index >= 15 is 0 Å². The van der Waals surface area contributed by atoms with Gasteiger partial charge in [0.25, 0.3) is 0 Å². The van der Waals surface area contributed by atoms with E-state index in [-0.39, 0.29) is 12.1 Å². The van der Waals surface area contributed by atoms with Gasteiger partial charge in [0, 0.05) is 31.1 Å². The summed E-state index contributed by atoms with van der Waals surface area (Å²) >= 11 is 0. The largest absolute Gasteiger partial charge is 0.444 e. The van der Waals surface area contributed by atoms with Gasteiger partial charge in [-0.2, -0.15) is 5.10 Å². The summed E-state index contributed by atoms with van der Waals surface area (Å²) in [6.07, 6.45) is 3.20. The van der Waals surface area contributed by atoms with Crippen LogP contribution in [0.3, 0.4) is 0 Å². The van der Waals surface area contributed by atoms with Crippen molar-refractivity contribution >= 4 is 6.09 Å². The molecule has 1 atom stereocenters. The second kappa shape index (κ2) is 5.57. The van der Waals surface area contributed by atoms with E-state index in [0.717, 1.165) is 48.7 Å². The second-order valence-electron chi connectivity index (χ2n) is 7.86. The zero-order chi connectivity index (χ0) is 17.8. The molecule has 0 saturated heterocycles. The van der Waals surface area contributed by atoms with E-state index in [2.05, 4.69) is 14.8 Å². The van der Waals surface area contributed by atoms with E-state index in [1.54, 1.807) is 11.2 Å². The Morgan fingerprint density at radius 1 is 1.32 bits per heavy atom. The van der Waals surface area contributed by atoms with E-state index in [9.17, 15) is 4.79 Å². The molecule has 0 aromatic carbocycles. The van der Waals surface area contributed by atoms with Crippen molar-refractivity contribution in [2.24, 2.45) is 0 Å². The minimum absolute atomic E-state index is 0.0550. The third-order valence-electron chi connectivity index (χ3n) is 4.71. The lowest BCUT2D eigenvalue weighted by Gasteiger charge is -2.34. The van der Waals surface area contributed by atoms with Gasteiger partial charge >= 0.3 is 6.09 Å². The van der Waals surface area contributed by atoms with Crippen LogP contribution in [0.2, 0.25) is 0 Å². The van der Waals surface area contributed by atoms with Gasteiger partial charge in [-0.15, -0.1) is 10.2 Å². The molecule has 8 nitrogen and oxygen atoms in total. The van der Waals surface area contributed by atoms with Crippen molar-refractivity contribution in [1.29, 1.82) is 0 Å². The first kappa shape index (κ1) is 16.1. The molecule has 25 heavy (non-hydrogen) atoms. The quantitative estimate of drug-likeness (QED) is 0.732. The van der Waals surface area contributed by atoms with Crippen LogP contribution in [0.1, 0.15) is 45.4 Å². The molecule has 0 spiro atoms. The molecule has 4 heterocycles. The lowest BCUT2D eigenvalue weighted by atomic mass is 10.00. The minimum Gasteiger partial charge on any atom is -0.444 e. The maximum atomic E-state index is 12.6. The van der Waals surface area contributed by atoms with Crippen molar-refractivity contribution in [1.82, 2.24) is 29.4 Å². The fraction of sp³-hybridized carbons (Fsp3) is 0.647. The number of carbonyl (C=O) groups is 1. The Kier molecular flexibility index (Phi) is 3.59. The van der Waals surface area contributed by atoms with Crippen molar-refractivity contribution in [2.75, 3.05) is 0 Å². The number of aryl methyl sites for hydroxylation is 2. The summed E-state index contributed by atoms with van der Waals surface area (Å²) in [7, 11) is 0. The van der Waals surface area contributed by atoms with Crippen LogP contribution in [0, 0.1) is 0 Å². The van der Waals surface area contributed by atoms with E-state index in [0.29, 0.717) is 6.54 Å². The van der Waals surface area contributed by atoms with E-state index in [1.807, 2.05) is 32.4 Å². The van der Waals surface area contributed by atoms with Crippen LogP contribution in [0.4, 0.5) is 4.79 Å². The molecular formula is C17H24N6O2. The first-order valence-electron chi connectivity index (χ1n) is 8.80. The maximum absolute atomic E-state index is 12.6. The Morgan fingerprint density at radius 2 is 2.12 bits per heavy atom. The average molecular weight is 344 g/mol. The molecule has 1 amide bonds. The molecule has 0 fully saturated rings. The molecule has 1 unspecified atom stereocenters. The number of ether oxygens (including phenoxy) is 1. The Hall–Kier alpha value is -2.38. The van der Waals surface area contributed by atoms with Crippen molar-refractivity contribution in [2.45, 2.75) is 71.8 Å². The lowest BCUT2D eigenvalue weighted by molar-refractivity contribution is 0.0138. The highest BCUT2D eigenvalue weighted by atomic mass is 16.6. The highest BCUT2D eigenvalue weighted by molar-refractivity contribution is 5.70. The minimum atomic E-state index is -0.507. The van der Waals surface area contributed by atoms with Crippen molar-refractivity contribution in [3.8, 4) is 11.5 Å². The van der Waals surface area contributed by atoms with Gasteiger partial charge in [0.1, 0.15) is 17.6 Å². The van der Waals surface area contributed by atoms with Crippen LogP contribution in [-0.2, 0) is 30.8 Å². The van der Waals surface area contributed by atoms with Gasteiger partial charge in [-0.3, -0.25) is 4.68 Å². The monoisotopic (exact) mass is 344 g/mol. The molecule has 0 bridgehead atoms. The highest BCUT2D eigenvalue weighted by Gasteiger charge is 2.35. The summed E-state index contributed by atoms with van der Waals surface area (Å²) in [4.78, 5) is 14.4. The molecule has 2 aliphatic rings. The number of hydrogen-bond donors (Lipinski definition) is 0. The van der Waals surface area contributed by atoms with Crippen LogP contribution in [0.15, 0.2) is 6.33 Å². The molecule has 0 radical (unpaired) electrons. The Labute approximate surface area is 146 Å². The van der Waals surface area contributed by atoms with Gasteiger partial charge in [0.15, 0.2) is 5.82 Å². The first-order valence-corrected chi connectivity index (χ1v) is 8.80. The molecule has 0 N–H and O–H groups in total.